The Balaban J connectivity index is 2.22. The zero-order valence-corrected chi connectivity index (χ0v) is 7.04. The molecule has 0 radical (unpaired) electrons. The molecule has 1 fully saturated rings. The first-order valence-corrected chi connectivity index (χ1v) is 4.27. The maximum Gasteiger partial charge on any atom is 0.0659 e. The summed E-state index contributed by atoms with van der Waals surface area (Å²) in [5, 5.41) is 6.91. The Labute approximate surface area is 63.4 Å². The van der Waals surface area contributed by atoms with Crippen LogP contribution in [0.4, 0.5) is 0 Å². The van der Waals surface area contributed by atoms with E-state index in [4.69, 9.17) is 0 Å². The van der Waals surface area contributed by atoms with Crippen molar-refractivity contribution in [3.05, 3.63) is 0 Å². The molecule has 1 rings (SSSR count). The molecule has 1 saturated heterocycles. The average Bonchev–Trinajstić information content (AvgIpc) is 2.33. The van der Waals surface area contributed by atoms with Crippen LogP contribution in [0.5, 0.6) is 0 Å². The Hall–Kier alpha value is -0.0800. The minimum absolute atomic E-state index is 0.246. The van der Waals surface area contributed by atoms with E-state index < -0.39 is 0 Å². The summed E-state index contributed by atoms with van der Waals surface area (Å²) in [6.45, 7) is 6.73. The molecule has 1 aliphatic rings. The zero-order chi connectivity index (χ0) is 7.45. The standard InChI is InChI=1S/C8H18N2/c1-3-4-5-8(2)9-6-7-10-8/h9-10H,3-7H2,1-2H3. The Morgan fingerprint density at radius 1 is 1.30 bits per heavy atom. The Morgan fingerprint density at radius 3 is 2.40 bits per heavy atom. The van der Waals surface area contributed by atoms with E-state index in [1.165, 1.54) is 19.3 Å². The fourth-order valence-corrected chi connectivity index (χ4v) is 1.45. The molecule has 0 saturated carbocycles. The predicted molar refractivity (Wildman–Crippen MR) is 43.9 cm³/mol. The number of hydrogen-bond donors (Lipinski definition) is 2. The van der Waals surface area contributed by atoms with Crippen LogP contribution in [-0.4, -0.2) is 18.8 Å². The molecule has 0 aromatic carbocycles. The van der Waals surface area contributed by atoms with Crippen LogP contribution in [0.15, 0.2) is 0 Å². The molecule has 0 aromatic heterocycles. The lowest BCUT2D eigenvalue weighted by Gasteiger charge is -2.24. The smallest absolute Gasteiger partial charge is 0.0659 e. The van der Waals surface area contributed by atoms with E-state index >= 15 is 0 Å². The molecule has 10 heavy (non-hydrogen) atoms. The van der Waals surface area contributed by atoms with Crippen molar-refractivity contribution in [2.24, 2.45) is 0 Å². The topological polar surface area (TPSA) is 24.1 Å². The second kappa shape index (κ2) is 3.35. The van der Waals surface area contributed by atoms with Crippen molar-refractivity contribution in [2.75, 3.05) is 13.1 Å². The quantitative estimate of drug-likeness (QED) is 0.616. The van der Waals surface area contributed by atoms with Gasteiger partial charge in [-0.15, -0.1) is 0 Å². The molecule has 2 heteroatoms. The van der Waals surface area contributed by atoms with Gasteiger partial charge in [0.05, 0.1) is 5.66 Å². The summed E-state index contributed by atoms with van der Waals surface area (Å²) in [6.07, 6.45) is 3.86. The molecule has 0 bridgehead atoms. The summed E-state index contributed by atoms with van der Waals surface area (Å²) in [7, 11) is 0. The van der Waals surface area contributed by atoms with Gasteiger partial charge in [-0.2, -0.15) is 0 Å². The van der Waals surface area contributed by atoms with Crippen molar-refractivity contribution in [3.8, 4) is 0 Å². The van der Waals surface area contributed by atoms with Crippen molar-refractivity contribution < 1.29 is 0 Å². The van der Waals surface area contributed by atoms with Crippen LogP contribution in [0, 0.1) is 0 Å². The highest BCUT2D eigenvalue weighted by Crippen LogP contribution is 2.12. The van der Waals surface area contributed by atoms with Gasteiger partial charge >= 0.3 is 0 Å². The molecule has 0 atom stereocenters. The second-order valence-corrected chi connectivity index (χ2v) is 3.29. The van der Waals surface area contributed by atoms with Gasteiger partial charge in [0.15, 0.2) is 0 Å². The Bertz CT molecular complexity index is 95.4. The molecule has 0 unspecified atom stereocenters. The van der Waals surface area contributed by atoms with Crippen LogP contribution in [-0.2, 0) is 0 Å². The maximum atomic E-state index is 3.46. The van der Waals surface area contributed by atoms with E-state index in [0.29, 0.717) is 0 Å². The fraction of sp³-hybridized carbons (Fsp3) is 1.00. The molecule has 60 valence electrons. The molecular weight excluding hydrogens is 124 g/mol. The summed E-state index contributed by atoms with van der Waals surface area (Å²) in [5.74, 6) is 0. The van der Waals surface area contributed by atoms with Crippen molar-refractivity contribution in [2.45, 2.75) is 38.8 Å². The minimum atomic E-state index is 0.246. The predicted octanol–water partition coefficient (Wildman–Crippen LogP) is 1.09. The Kier molecular flexibility index (Phi) is 2.69. The summed E-state index contributed by atoms with van der Waals surface area (Å²) in [6, 6.07) is 0. The van der Waals surface area contributed by atoms with E-state index in [2.05, 4.69) is 24.5 Å². The lowest BCUT2D eigenvalue weighted by Crippen LogP contribution is -2.45. The van der Waals surface area contributed by atoms with Gasteiger partial charge in [0.25, 0.3) is 0 Å². The van der Waals surface area contributed by atoms with Crippen LogP contribution in [0.3, 0.4) is 0 Å². The minimum Gasteiger partial charge on any atom is -0.298 e. The Morgan fingerprint density at radius 2 is 1.90 bits per heavy atom. The normalized spacial score (nSPS) is 23.4. The lowest BCUT2D eigenvalue weighted by atomic mass is 10.1. The maximum absolute atomic E-state index is 3.46. The van der Waals surface area contributed by atoms with Gasteiger partial charge in [-0.1, -0.05) is 19.8 Å². The van der Waals surface area contributed by atoms with E-state index in [0.717, 1.165) is 13.1 Å². The summed E-state index contributed by atoms with van der Waals surface area (Å²) >= 11 is 0. The van der Waals surface area contributed by atoms with Crippen LogP contribution in [0.2, 0.25) is 0 Å². The molecule has 0 amide bonds. The van der Waals surface area contributed by atoms with Gasteiger partial charge in [-0.05, 0) is 13.3 Å². The summed E-state index contributed by atoms with van der Waals surface area (Å²) < 4.78 is 0. The molecule has 1 heterocycles. The molecule has 0 spiro atoms. The van der Waals surface area contributed by atoms with Crippen LogP contribution >= 0.6 is 0 Å². The highest BCUT2D eigenvalue weighted by Gasteiger charge is 2.25. The summed E-state index contributed by atoms with van der Waals surface area (Å²) in [4.78, 5) is 0. The van der Waals surface area contributed by atoms with Crippen LogP contribution in [0.1, 0.15) is 33.1 Å². The second-order valence-electron chi connectivity index (χ2n) is 3.29. The van der Waals surface area contributed by atoms with Crippen molar-refractivity contribution in [1.82, 2.24) is 10.6 Å². The van der Waals surface area contributed by atoms with E-state index in [1.54, 1.807) is 0 Å². The number of unbranched alkanes of at least 4 members (excludes halogenated alkanes) is 1. The molecule has 1 aliphatic heterocycles. The SMILES string of the molecule is CCCCC1(C)NCCN1. The fourth-order valence-electron chi connectivity index (χ4n) is 1.45. The van der Waals surface area contributed by atoms with Crippen LogP contribution in [0.25, 0.3) is 0 Å². The third kappa shape index (κ3) is 1.96. The largest absolute Gasteiger partial charge is 0.298 e. The number of rotatable bonds is 3. The van der Waals surface area contributed by atoms with Gasteiger partial charge in [0.2, 0.25) is 0 Å². The van der Waals surface area contributed by atoms with E-state index in [1.807, 2.05) is 0 Å². The highest BCUT2D eigenvalue weighted by atomic mass is 15.2. The van der Waals surface area contributed by atoms with Gasteiger partial charge in [0.1, 0.15) is 0 Å². The van der Waals surface area contributed by atoms with Gasteiger partial charge < -0.3 is 0 Å². The molecule has 2 N–H and O–H groups in total. The van der Waals surface area contributed by atoms with Crippen LogP contribution < -0.4 is 10.6 Å². The van der Waals surface area contributed by atoms with Crippen molar-refractivity contribution >= 4 is 0 Å². The first-order chi connectivity index (χ1) is 4.77. The molecule has 0 aliphatic carbocycles. The van der Waals surface area contributed by atoms with Gasteiger partial charge in [-0.3, -0.25) is 10.6 Å². The molecular formula is C8H18N2. The third-order valence-corrected chi connectivity index (χ3v) is 2.19. The van der Waals surface area contributed by atoms with Crippen molar-refractivity contribution in [3.63, 3.8) is 0 Å². The lowest BCUT2D eigenvalue weighted by molar-refractivity contribution is 0.333. The zero-order valence-electron chi connectivity index (χ0n) is 7.04. The first kappa shape index (κ1) is 8.02. The van der Waals surface area contributed by atoms with Gasteiger partial charge in [0, 0.05) is 13.1 Å². The molecule has 0 aromatic rings. The van der Waals surface area contributed by atoms with Crippen molar-refractivity contribution in [1.29, 1.82) is 0 Å². The first-order valence-electron chi connectivity index (χ1n) is 4.27. The molecule has 2 nitrogen and oxygen atoms in total. The average molecular weight is 142 g/mol. The van der Waals surface area contributed by atoms with Gasteiger partial charge in [-0.25, -0.2) is 0 Å². The van der Waals surface area contributed by atoms with E-state index in [-0.39, 0.29) is 5.66 Å². The van der Waals surface area contributed by atoms with E-state index in [9.17, 15) is 0 Å². The monoisotopic (exact) mass is 142 g/mol. The number of nitrogens with one attached hydrogen (secondary N) is 2. The summed E-state index contributed by atoms with van der Waals surface area (Å²) in [5.41, 5.74) is 0.246. The third-order valence-electron chi connectivity index (χ3n) is 2.19. The number of hydrogen-bond acceptors (Lipinski definition) is 2. The highest BCUT2D eigenvalue weighted by molar-refractivity contribution is 4.85.